The lowest BCUT2D eigenvalue weighted by atomic mass is 9.76. The number of nitrogens with zero attached hydrogens (tertiary/aromatic N) is 1. The van der Waals surface area contributed by atoms with Crippen LogP contribution in [0.5, 0.6) is 5.75 Å². The zero-order valence-electron chi connectivity index (χ0n) is 9.15. The topological polar surface area (TPSA) is 48.1 Å². The van der Waals surface area contributed by atoms with Crippen LogP contribution in [0, 0.1) is 0 Å². The molecule has 2 N–H and O–H groups in total. The highest BCUT2D eigenvalue weighted by Crippen LogP contribution is 2.36. The molecule has 0 spiro atoms. The maximum atomic E-state index is 5.94. The molecule has 2 atom stereocenters. The van der Waals surface area contributed by atoms with Crippen molar-refractivity contribution in [1.29, 1.82) is 0 Å². The van der Waals surface area contributed by atoms with Gasteiger partial charge in [0.25, 0.3) is 0 Å². The Kier molecular flexibility index (Phi) is 3.21. The minimum atomic E-state index is 0.313. The van der Waals surface area contributed by atoms with Gasteiger partial charge in [0.05, 0.1) is 12.8 Å². The third-order valence-corrected chi connectivity index (χ3v) is 2.96. The monoisotopic (exact) mass is 206 g/mol. The number of rotatable bonds is 4. The summed E-state index contributed by atoms with van der Waals surface area (Å²) >= 11 is 0. The van der Waals surface area contributed by atoms with Crippen molar-refractivity contribution in [3.63, 3.8) is 0 Å². The third kappa shape index (κ3) is 2.29. The Morgan fingerprint density at radius 1 is 1.47 bits per heavy atom. The number of aromatic nitrogens is 1. The van der Waals surface area contributed by atoms with E-state index in [1.165, 1.54) is 12.0 Å². The molecule has 0 radical (unpaired) electrons. The molecule has 0 amide bonds. The van der Waals surface area contributed by atoms with Crippen LogP contribution in [-0.4, -0.2) is 17.6 Å². The molecule has 1 aromatic heterocycles. The van der Waals surface area contributed by atoms with Crippen LogP contribution in [0.25, 0.3) is 0 Å². The summed E-state index contributed by atoms with van der Waals surface area (Å²) < 4.78 is 5.55. The number of hydrogen-bond acceptors (Lipinski definition) is 3. The largest absolute Gasteiger partial charge is 0.492 e. The van der Waals surface area contributed by atoms with E-state index in [0.29, 0.717) is 12.0 Å². The van der Waals surface area contributed by atoms with Gasteiger partial charge in [0.1, 0.15) is 5.75 Å². The van der Waals surface area contributed by atoms with Gasteiger partial charge in [0.2, 0.25) is 0 Å². The molecule has 1 aromatic rings. The zero-order chi connectivity index (χ0) is 10.7. The summed E-state index contributed by atoms with van der Waals surface area (Å²) in [5.74, 6) is 1.36. The van der Waals surface area contributed by atoms with Crippen molar-refractivity contribution < 1.29 is 4.74 Å². The van der Waals surface area contributed by atoms with Crippen LogP contribution < -0.4 is 10.5 Å². The highest BCUT2D eigenvalue weighted by molar-refractivity contribution is 5.29. The molecule has 0 saturated heterocycles. The van der Waals surface area contributed by atoms with Crippen LogP contribution >= 0.6 is 0 Å². The Balaban J connectivity index is 2.05. The van der Waals surface area contributed by atoms with E-state index in [-0.39, 0.29) is 0 Å². The minimum Gasteiger partial charge on any atom is -0.492 e. The molecule has 3 heteroatoms. The van der Waals surface area contributed by atoms with E-state index < -0.39 is 0 Å². The highest BCUT2D eigenvalue weighted by atomic mass is 16.5. The summed E-state index contributed by atoms with van der Waals surface area (Å²) in [6, 6.07) is 2.39. The maximum Gasteiger partial charge on any atom is 0.137 e. The van der Waals surface area contributed by atoms with Crippen molar-refractivity contribution in [2.45, 2.75) is 38.1 Å². The molecule has 15 heavy (non-hydrogen) atoms. The van der Waals surface area contributed by atoms with Crippen LogP contribution in [0.1, 0.15) is 37.7 Å². The fraction of sp³-hybridized carbons (Fsp3) is 0.583. The van der Waals surface area contributed by atoms with Crippen molar-refractivity contribution in [3.8, 4) is 5.75 Å². The van der Waals surface area contributed by atoms with Crippen LogP contribution in [0.15, 0.2) is 18.5 Å². The molecular formula is C12H18N2O. The van der Waals surface area contributed by atoms with E-state index in [0.717, 1.165) is 25.2 Å². The molecule has 1 aliphatic rings. The predicted octanol–water partition coefficient (Wildman–Crippen LogP) is 2.08. The van der Waals surface area contributed by atoms with Crippen LogP contribution in [-0.2, 0) is 0 Å². The van der Waals surface area contributed by atoms with Crippen molar-refractivity contribution in [3.05, 3.63) is 24.0 Å². The van der Waals surface area contributed by atoms with Gasteiger partial charge >= 0.3 is 0 Å². The quantitative estimate of drug-likeness (QED) is 0.820. The summed E-state index contributed by atoms with van der Waals surface area (Å²) in [6.45, 7) is 2.85. The average Bonchev–Trinajstić information content (AvgIpc) is 2.25. The Bertz CT molecular complexity index is 327. The van der Waals surface area contributed by atoms with Gasteiger partial charge in [-0.05, 0) is 30.9 Å². The second kappa shape index (κ2) is 4.62. The summed E-state index contributed by atoms with van der Waals surface area (Å²) in [4.78, 5) is 4.19. The average molecular weight is 206 g/mol. The molecule has 1 heterocycles. The first-order valence-electron chi connectivity index (χ1n) is 5.64. The molecule has 0 aliphatic heterocycles. The molecule has 0 aromatic carbocycles. The molecule has 1 fully saturated rings. The first-order valence-corrected chi connectivity index (χ1v) is 5.64. The van der Waals surface area contributed by atoms with E-state index in [2.05, 4.69) is 18.0 Å². The van der Waals surface area contributed by atoms with Gasteiger partial charge in [-0.2, -0.15) is 0 Å². The zero-order valence-corrected chi connectivity index (χ0v) is 9.15. The highest BCUT2D eigenvalue weighted by Gasteiger charge is 2.29. The summed E-state index contributed by atoms with van der Waals surface area (Å²) in [7, 11) is 0. The van der Waals surface area contributed by atoms with Crippen LogP contribution in [0.4, 0.5) is 0 Å². The standard InChI is InChI=1S/C12H18N2O/c1-2-5-15-10-6-9(7-14-8-10)11-3-4-12(11)13/h6-8,11-12H,2-5,13H2,1H3. The van der Waals surface area contributed by atoms with Gasteiger partial charge in [-0.3, -0.25) is 4.98 Å². The molecule has 1 saturated carbocycles. The second-order valence-corrected chi connectivity index (χ2v) is 4.15. The summed E-state index contributed by atoms with van der Waals surface area (Å²) in [5, 5.41) is 0. The van der Waals surface area contributed by atoms with Crippen molar-refractivity contribution in [1.82, 2.24) is 4.98 Å². The maximum absolute atomic E-state index is 5.94. The van der Waals surface area contributed by atoms with E-state index in [4.69, 9.17) is 10.5 Å². The van der Waals surface area contributed by atoms with Crippen molar-refractivity contribution in [2.75, 3.05) is 6.61 Å². The Morgan fingerprint density at radius 2 is 2.33 bits per heavy atom. The van der Waals surface area contributed by atoms with Gasteiger partial charge in [-0.15, -0.1) is 0 Å². The summed E-state index contributed by atoms with van der Waals surface area (Å²) in [6.07, 6.45) is 7.00. The number of pyridine rings is 1. The van der Waals surface area contributed by atoms with Crippen LogP contribution in [0.3, 0.4) is 0 Å². The molecule has 1 aliphatic carbocycles. The Labute approximate surface area is 90.7 Å². The lowest BCUT2D eigenvalue weighted by Gasteiger charge is -2.33. The van der Waals surface area contributed by atoms with Gasteiger partial charge in [0.15, 0.2) is 0 Å². The smallest absolute Gasteiger partial charge is 0.137 e. The van der Waals surface area contributed by atoms with Gasteiger partial charge < -0.3 is 10.5 Å². The minimum absolute atomic E-state index is 0.313. The van der Waals surface area contributed by atoms with Gasteiger partial charge in [0, 0.05) is 18.2 Å². The lowest BCUT2D eigenvalue weighted by Crippen LogP contribution is -2.37. The number of ether oxygens (including phenoxy) is 1. The predicted molar refractivity (Wildman–Crippen MR) is 60.0 cm³/mol. The van der Waals surface area contributed by atoms with E-state index in [9.17, 15) is 0 Å². The Hall–Kier alpha value is -1.09. The van der Waals surface area contributed by atoms with Gasteiger partial charge in [-0.1, -0.05) is 6.92 Å². The second-order valence-electron chi connectivity index (χ2n) is 4.15. The molecule has 3 nitrogen and oxygen atoms in total. The normalized spacial score (nSPS) is 24.7. The van der Waals surface area contributed by atoms with Crippen molar-refractivity contribution in [2.24, 2.45) is 5.73 Å². The van der Waals surface area contributed by atoms with Crippen LogP contribution in [0.2, 0.25) is 0 Å². The first kappa shape index (κ1) is 10.4. The van der Waals surface area contributed by atoms with E-state index in [1.807, 2.05) is 6.20 Å². The van der Waals surface area contributed by atoms with Crippen molar-refractivity contribution >= 4 is 0 Å². The number of hydrogen-bond donors (Lipinski definition) is 1. The molecule has 0 bridgehead atoms. The van der Waals surface area contributed by atoms with E-state index >= 15 is 0 Å². The number of nitrogens with two attached hydrogens (primary N) is 1. The fourth-order valence-corrected chi connectivity index (χ4v) is 1.88. The van der Waals surface area contributed by atoms with E-state index in [1.54, 1.807) is 6.20 Å². The van der Waals surface area contributed by atoms with Gasteiger partial charge in [-0.25, -0.2) is 0 Å². The SMILES string of the molecule is CCCOc1cncc(C2CCC2N)c1. The molecule has 2 rings (SSSR count). The lowest BCUT2D eigenvalue weighted by molar-refractivity contribution is 0.312. The molecule has 2 unspecified atom stereocenters. The summed E-state index contributed by atoms with van der Waals surface area (Å²) in [5.41, 5.74) is 7.16. The molecular weight excluding hydrogens is 188 g/mol. The Morgan fingerprint density at radius 3 is 2.93 bits per heavy atom. The first-order chi connectivity index (χ1) is 7.31. The molecule has 82 valence electrons. The third-order valence-electron chi connectivity index (χ3n) is 2.96. The fourth-order valence-electron chi connectivity index (χ4n) is 1.88.